The molecule has 1 saturated heterocycles. The Morgan fingerprint density at radius 1 is 1.28 bits per heavy atom. The summed E-state index contributed by atoms with van der Waals surface area (Å²) in [5.74, 6) is 0.352. The van der Waals surface area contributed by atoms with Crippen molar-refractivity contribution < 1.29 is 14.3 Å². The number of nitrogens with zero attached hydrogens (tertiary/aromatic N) is 3. The summed E-state index contributed by atoms with van der Waals surface area (Å²) in [5, 5.41) is 2.97. The molecule has 1 atom stereocenters. The van der Waals surface area contributed by atoms with E-state index in [9.17, 15) is 9.59 Å². The molecule has 0 bridgehead atoms. The zero-order chi connectivity index (χ0) is 18.2. The number of hydrogen-bond donors (Lipinski definition) is 1. The fourth-order valence-electron chi connectivity index (χ4n) is 2.71. The van der Waals surface area contributed by atoms with Crippen LogP contribution in [0.1, 0.15) is 37.6 Å². The van der Waals surface area contributed by atoms with Crippen LogP contribution in [0.2, 0.25) is 0 Å². The third kappa shape index (κ3) is 5.42. The molecule has 138 valence electrons. The smallest absolute Gasteiger partial charge is 0.259 e. The Kier molecular flexibility index (Phi) is 7.18. The fraction of sp³-hybridized carbons (Fsp3) is 0.611. The lowest BCUT2D eigenvalue weighted by atomic mass is 10.2. The summed E-state index contributed by atoms with van der Waals surface area (Å²) in [5.41, 5.74) is 0.493. The van der Waals surface area contributed by atoms with E-state index in [2.05, 4.69) is 15.2 Å². The number of carbonyl (C=O) groups is 2. The van der Waals surface area contributed by atoms with Crippen LogP contribution >= 0.6 is 0 Å². The number of piperazine rings is 1. The first kappa shape index (κ1) is 19.2. The quantitative estimate of drug-likeness (QED) is 0.800. The molecule has 0 spiro atoms. The van der Waals surface area contributed by atoms with Crippen LogP contribution in [0.5, 0.6) is 5.88 Å². The van der Waals surface area contributed by atoms with E-state index < -0.39 is 0 Å². The maximum Gasteiger partial charge on any atom is 0.259 e. The Hall–Kier alpha value is -2.15. The molecule has 1 aromatic heterocycles. The molecule has 1 aromatic rings. The molecule has 0 radical (unpaired) electrons. The van der Waals surface area contributed by atoms with Crippen LogP contribution in [0.3, 0.4) is 0 Å². The van der Waals surface area contributed by atoms with E-state index in [4.69, 9.17) is 4.74 Å². The summed E-state index contributed by atoms with van der Waals surface area (Å²) in [6.07, 6.45) is 2.54. The monoisotopic (exact) mass is 348 g/mol. The van der Waals surface area contributed by atoms with Gasteiger partial charge in [0.1, 0.15) is 5.56 Å². The number of rotatable bonds is 7. The van der Waals surface area contributed by atoms with Crippen LogP contribution in [0.25, 0.3) is 0 Å². The molecule has 1 fully saturated rings. The van der Waals surface area contributed by atoms with Gasteiger partial charge in [0.15, 0.2) is 0 Å². The molecule has 2 amide bonds. The van der Waals surface area contributed by atoms with E-state index in [1.54, 1.807) is 23.2 Å². The average Bonchev–Trinajstić information content (AvgIpc) is 2.62. The topological polar surface area (TPSA) is 74.8 Å². The zero-order valence-corrected chi connectivity index (χ0v) is 15.3. The van der Waals surface area contributed by atoms with Gasteiger partial charge in [-0.15, -0.1) is 0 Å². The minimum atomic E-state index is -0.0692. The molecule has 7 nitrogen and oxygen atoms in total. The Bertz CT molecular complexity index is 585. The first-order valence-electron chi connectivity index (χ1n) is 8.93. The highest BCUT2D eigenvalue weighted by atomic mass is 16.5. The van der Waals surface area contributed by atoms with Crippen molar-refractivity contribution in [1.29, 1.82) is 0 Å². The van der Waals surface area contributed by atoms with Crippen molar-refractivity contribution in [3.05, 3.63) is 23.9 Å². The van der Waals surface area contributed by atoms with Gasteiger partial charge in [-0.25, -0.2) is 4.98 Å². The van der Waals surface area contributed by atoms with Crippen LogP contribution in [0.15, 0.2) is 18.3 Å². The van der Waals surface area contributed by atoms with Gasteiger partial charge >= 0.3 is 0 Å². The summed E-state index contributed by atoms with van der Waals surface area (Å²) >= 11 is 0. The van der Waals surface area contributed by atoms with Crippen LogP contribution in [0, 0.1) is 0 Å². The molecule has 7 heteroatoms. The average molecular weight is 348 g/mol. The number of nitrogens with one attached hydrogen (secondary N) is 1. The van der Waals surface area contributed by atoms with Gasteiger partial charge in [0.05, 0.1) is 13.2 Å². The molecule has 2 rings (SSSR count). The SMILES string of the molecule is CCOc1ncccc1C(=O)N1CCN(CC(=O)NC(C)CC)CC1. The van der Waals surface area contributed by atoms with E-state index in [1.165, 1.54) is 0 Å². The summed E-state index contributed by atoms with van der Waals surface area (Å²) in [6, 6.07) is 3.68. The number of ether oxygens (including phenoxy) is 1. The predicted molar refractivity (Wildman–Crippen MR) is 95.6 cm³/mol. The lowest BCUT2D eigenvalue weighted by Gasteiger charge is -2.34. The molecule has 25 heavy (non-hydrogen) atoms. The highest BCUT2D eigenvalue weighted by molar-refractivity contribution is 5.96. The maximum absolute atomic E-state index is 12.7. The van der Waals surface area contributed by atoms with E-state index in [0.717, 1.165) is 6.42 Å². The highest BCUT2D eigenvalue weighted by Crippen LogP contribution is 2.17. The highest BCUT2D eigenvalue weighted by Gasteiger charge is 2.25. The van der Waals surface area contributed by atoms with Gasteiger partial charge in [-0.2, -0.15) is 0 Å². The standard InChI is InChI=1S/C18H28N4O3/c1-4-14(3)20-16(23)13-21-9-11-22(12-10-21)18(24)15-7-6-8-19-17(15)25-5-2/h6-8,14H,4-5,9-13H2,1-3H3,(H,20,23). The van der Waals surface area contributed by atoms with Crippen molar-refractivity contribution >= 4 is 11.8 Å². The number of carbonyl (C=O) groups excluding carboxylic acids is 2. The normalized spacial score (nSPS) is 16.4. The van der Waals surface area contributed by atoms with Crippen molar-refractivity contribution in [2.24, 2.45) is 0 Å². The molecular weight excluding hydrogens is 320 g/mol. The molecule has 1 aliphatic heterocycles. The second kappa shape index (κ2) is 9.36. The molecule has 0 aliphatic carbocycles. The fourth-order valence-corrected chi connectivity index (χ4v) is 2.71. The Labute approximate surface area is 149 Å². The van der Waals surface area contributed by atoms with E-state index in [-0.39, 0.29) is 17.9 Å². The van der Waals surface area contributed by atoms with Crippen LogP contribution < -0.4 is 10.1 Å². The molecule has 1 N–H and O–H groups in total. The number of pyridine rings is 1. The minimum Gasteiger partial charge on any atom is -0.477 e. The second-order valence-electron chi connectivity index (χ2n) is 6.23. The molecule has 2 heterocycles. The minimum absolute atomic E-state index is 0.0417. The lowest BCUT2D eigenvalue weighted by Crippen LogP contribution is -2.51. The zero-order valence-electron chi connectivity index (χ0n) is 15.3. The van der Waals surface area contributed by atoms with Crippen molar-refractivity contribution in [3.8, 4) is 5.88 Å². The third-order valence-corrected chi connectivity index (χ3v) is 4.33. The van der Waals surface area contributed by atoms with Crippen molar-refractivity contribution in [1.82, 2.24) is 20.1 Å². The van der Waals surface area contributed by atoms with E-state index in [1.807, 2.05) is 20.8 Å². The summed E-state index contributed by atoms with van der Waals surface area (Å²) in [6.45, 7) is 9.31. The predicted octanol–water partition coefficient (Wildman–Crippen LogP) is 1.15. The molecule has 0 saturated carbocycles. The Morgan fingerprint density at radius 2 is 2.00 bits per heavy atom. The van der Waals surface area contributed by atoms with Crippen molar-refractivity contribution in [2.75, 3.05) is 39.3 Å². The maximum atomic E-state index is 12.7. The largest absolute Gasteiger partial charge is 0.477 e. The van der Waals surface area contributed by atoms with Gasteiger partial charge in [-0.1, -0.05) is 6.92 Å². The summed E-state index contributed by atoms with van der Waals surface area (Å²) < 4.78 is 5.45. The van der Waals surface area contributed by atoms with Crippen LogP contribution in [-0.4, -0.2) is 72.0 Å². The summed E-state index contributed by atoms with van der Waals surface area (Å²) in [4.78, 5) is 32.7. The Morgan fingerprint density at radius 3 is 2.64 bits per heavy atom. The number of aromatic nitrogens is 1. The van der Waals surface area contributed by atoms with Gasteiger partial charge in [0, 0.05) is 38.4 Å². The summed E-state index contributed by atoms with van der Waals surface area (Å²) in [7, 11) is 0. The number of hydrogen-bond acceptors (Lipinski definition) is 5. The molecule has 1 unspecified atom stereocenters. The molecule has 0 aromatic carbocycles. The lowest BCUT2D eigenvalue weighted by molar-refractivity contribution is -0.123. The van der Waals surface area contributed by atoms with Gasteiger partial charge in [-0.3, -0.25) is 14.5 Å². The van der Waals surface area contributed by atoms with Crippen LogP contribution in [-0.2, 0) is 4.79 Å². The van der Waals surface area contributed by atoms with E-state index >= 15 is 0 Å². The van der Waals surface area contributed by atoms with Crippen LogP contribution in [0.4, 0.5) is 0 Å². The molecular formula is C18H28N4O3. The number of amides is 2. The van der Waals surface area contributed by atoms with E-state index in [0.29, 0.717) is 50.8 Å². The van der Waals surface area contributed by atoms with Gasteiger partial charge in [0.25, 0.3) is 5.91 Å². The van der Waals surface area contributed by atoms with Gasteiger partial charge in [0.2, 0.25) is 11.8 Å². The second-order valence-corrected chi connectivity index (χ2v) is 6.23. The van der Waals surface area contributed by atoms with Crippen molar-refractivity contribution in [3.63, 3.8) is 0 Å². The van der Waals surface area contributed by atoms with Gasteiger partial charge < -0.3 is 15.0 Å². The third-order valence-electron chi connectivity index (χ3n) is 4.33. The van der Waals surface area contributed by atoms with Gasteiger partial charge in [-0.05, 0) is 32.4 Å². The first-order valence-corrected chi connectivity index (χ1v) is 8.93. The van der Waals surface area contributed by atoms with Crippen molar-refractivity contribution in [2.45, 2.75) is 33.2 Å². The first-order chi connectivity index (χ1) is 12.0. The molecule has 1 aliphatic rings. The Balaban J connectivity index is 1.87.